The summed E-state index contributed by atoms with van der Waals surface area (Å²) in [5, 5.41) is 0. The largest absolute Gasteiger partial charge is 0.465 e. The fourth-order valence-electron chi connectivity index (χ4n) is 3.87. The predicted octanol–water partition coefficient (Wildman–Crippen LogP) is 1.88. The maximum atomic E-state index is 12.9. The van der Waals surface area contributed by atoms with Crippen LogP contribution in [0.25, 0.3) is 0 Å². The summed E-state index contributed by atoms with van der Waals surface area (Å²) >= 11 is 0. The zero-order valence-corrected chi connectivity index (χ0v) is 13.9. The molecule has 120 valence electrons. The maximum absolute atomic E-state index is 12.9. The van der Waals surface area contributed by atoms with E-state index in [1.807, 2.05) is 20.8 Å². The van der Waals surface area contributed by atoms with E-state index in [0.717, 1.165) is 11.1 Å². The Morgan fingerprint density at radius 3 is 2.23 bits per heavy atom. The lowest BCUT2D eigenvalue weighted by Gasteiger charge is -2.42. The number of carbonyl (C=O) groups excluding carboxylic acids is 3. The van der Waals surface area contributed by atoms with Gasteiger partial charge in [0, 0.05) is 13.1 Å². The van der Waals surface area contributed by atoms with Gasteiger partial charge in [-0.1, -0.05) is 11.1 Å². The van der Waals surface area contributed by atoms with Crippen molar-refractivity contribution in [1.29, 1.82) is 0 Å². The highest BCUT2D eigenvalue weighted by Crippen LogP contribution is 2.57. The smallest absolute Gasteiger partial charge is 0.322 e. The van der Waals surface area contributed by atoms with Crippen molar-refractivity contribution >= 4 is 17.7 Å². The van der Waals surface area contributed by atoms with Crippen LogP contribution in [0.5, 0.6) is 0 Å². The summed E-state index contributed by atoms with van der Waals surface area (Å²) in [4.78, 5) is 39.0. The van der Waals surface area contributed by atoms with Crippen molar-refractivity contribution in [2.45, 2.75) is 34.6 Å². The van der Waals surface area contributed by atoms with Crippen LogP contribution in [0.15, 0.2) is 23.3 Å². The second kappa shape index (κ2) is 5.38. The Hall–Kier alpha value is -1.91. The summed E-state index contributed by atoms with van der Waals surface area (Å²) in [5.74, 6) is -0.858. The van der Waals surface area contributed by atoms with Gasteiger partial charge in [-0.25, -0.2) is 0 Å². The van der Waals surface area contributed by atoms with Crippen molar-refractivity contribution in [1.82, 2.24) is 4.90 Å². The van der Waals surface area contributed by atoms with Gasteiger partial charge in [-0.05, 0) is 46.8 Å². The molecule has 0 aromatic rings. The molecule has 1 saturated heterocycles. The third-order valence-corrected chi connectivity index (χ3v) is 5.13. The highest BCUT2D eigenvalue weighted by atomic mass is 16.5. The number of likely N-dealkylation sites (tertiary alicyclic amines) is 1. The van der Waals surface area contributed by atoms with E-state index in [1.165, 1.54) is 12.2 Å². The molecule has 1 aliphatic heterocycles. The third kappa shape index (κ3) is 1.87. The quantitative estimate of drug-likeness (QED) is 0.590. The van der Waals surface area contributed by atoms with Gasteiger partial charge in [-0.15, -0.1) is 0 Å². The fraction of sp³-hybridized carbons (Fsp3) is 0.588. The van der Waals surface area contributed by atoms with Gasteiger partial charge >= 0.3 is 5.97 Å². The molecule has 1 heterocycles. The van der Waals surface area contributed by atoms with E-state index >= 15 is 0 Å². The van der Waals surface area contributed by atoms with E-state index in [4.69, 9.17) is 4.74 Å². The summed E-state index contributed by atoms with van der Waals surface area (Å²) in [5.41, 5.74) is -0.643. The number of ketones is 1. The maximum Gasteiger partial charge on any atom is 0.322 e. The molecule has 0 aromatic heterocycles. The van der Waals surface area contributed by atoms with E-state index in [9.17, 15) is 14.4 Å². The third-order valence-electron chi connectivity index (χ3n) is 5.13. The first-order chi connectivity index (χ1) is 10.3. The minimum absolute atomic E-state index is 0.103. The van der Waals surface area contributed by atoms with Gasteiger partial charge in [0.15, 0.2) is 11.2 Å². The van der Waals surface area contributed by atoms with Gasteiger partial charge in [0.05, 0.1) is 12.0 Å². The van der Waals surface area contributed by atoms with E-state index in [-0.39, 0.29) is 18.3 Å². The molecule has 0 bridgehead atoms. The Labute approximate surface area is 131 Å². The van der Waals surface area contributed by atoms with Gasteiger partial charge in [-0.2, -0.15) is 0 Å². The van der Waals surface area contributed by atoms with Gasteiger partial charge in [0.1, 0.15) is 0 Å². The SMILES string of the molecule is CCOC(=O)[C@@]1(C)C(=O)N(CC)CC12C(C)=CC(=O)C=C2C. The first-order valence-electron chi connectivity index (χ1n) is 7.63. The summed E-state index contributed by atoms with van der Waals surface area (Å²) in [6.07, 6.45) is 3.05. The van der Waals surface area contributed by atoms with Crippen LogP contribution < -0.4 is 0 Å². The monoisotopic (exact) mass is 305 g/mol. The molecule has 1 spiro atoms. The molecular weight excluding hydrogens is 282 g/mol. The van der Waals surface area contributed by atoms with Crippen LogP contribution >= 0.6 is 0 Å². The molecule has 1 aliphatic carbocycles. The molecule has 5 nitrogen and oxygen atoms in total. The summed E-state index contributed by atoms with van der Waals surface area (Å²) in [6.45, 7) is 10.0. The van der Waals surface area contributed by atoms with Gasteiger partial charge in [-0.3, -0.25) is 14.4 Å². The lowest BCUT2D eigenvalue weighted by atomic mass is 9.57. The Balaban J connectivity index is 2.69. The highest BCUT2D eigenvalue weighted by molar-refractivity contribution is 6.09. The molecular formula is C17H23NO4. The first kappa shape index (κ1) is 16.5. The average Bonchev–Trinajstić information content (AvgIpc) is 2.68. The number of allylic oxidation sites excluding steroid dienone is 2. The molecule has 2 aliphatic rings. The zero-order valence-electron chi connectivity index (χ0n) is 13.9. The number of rotatable bonds is 3. The van der Waals surface area contributed by atoms with E-state index < -0.39 is 16.8 Å². The van der Waals surface area contributed by atoms with E-state index in [0.29, 0.717) is 13.1 Å². The van der Waals surface area contributed by atoms with Crippen LogP contribution in [0, 0.1) is 10.8 Å². The van der Waals surface area contributed by atoms with Gasteiger partial charge in [0.2, 0.25) is 5.91 Å². The van der Waals surface area contributed by atoms with Crippen molar-refractivity contribution in [3.63, 3.8) is 0 Å². The Kier molecular flexibility index (Phi) is 4.02. The van der Waals surface area contributed by atoms with Crippen molar-refractivity contribution in [2.75, 3.05) is 19.7 Å². The minimum Gasteiger partial charge on any atom is -0.465 e. The number of hydrogen-bond acceptors (Lipinski definition) is 4. The number of hydrogen-bond donors (Lipinski definition) is 0. The molecule has 1 amide bonds. The molecule has 0 aromatic carbocycles. The molecule has 0 unspecified atom stereocenters. The van der Waals surface area contributed by atoms with Gasteiger partial charge in [0.25, 0.3) is 0 Å². The van der Waals surface area contributed by atoms with Crippen LogP contribution in [0.2, 0.25) is 0 Å². The molecule has 5 heteroatoms. The number of amides is 1. The Morgan fingerprint density at radius 2 is 1.77 bits per heavy atom. The molecule has 22 heavy (non-hydrogen) atoms. The number of ether oxygens (including phenoxy) is 1. The van der Waals surface area contributed by atoms with Crippen molar-refractivity contribution < 1.29 is 19.1 Å². The fourth-order valence-corrected chi connectivity index (χ4v) is 3.87. The van der Waals surface area contributed by atoms with Crippen LogP contribution in [-0.2, 0) is 19.1 Å². The average molecular weight is 305 g/mol. The van der Waals surface area contributed by atoms with E-state index in [1.54, 1.807) is 18.7 Å². The topological polar surface area (TPSA) is 63.7 Å². The van der Waals surface area contributed by atoms with Crippen molar-refractivity contribution in [2.24, 2.45) is 10.8 Å². The highest BCUT2D eigenvalue weighted by Gasteiger charge is 2.67. The van der Waals surface area contributed by atoms with Crippen LogP contribution in [0.1, 0.15) is 34.6 Å². The normalized spacial score (nSPS) is 27.0. The van der Waals surface area contributed by atoms with Crippen molar-refractivity contribution in [3.8, 4) is 0 Å². The lowest BCUT2D eigenvalue weighted by molar-refractivity contribution is -0.163. The summed E-state index contributed by atoms with van der Waals surface area (Å²) in [6, 6.07) is 0. The van der Waals surface area contributed by atoms with E-state index in [2.05, 4.69) is 0 Å². The molecule has 0 radical (unpaired) electrons. The summed E-state index contributed by atoms with van der Waals surface area (Å²) < 4.78 is 5.22. The van der Waals surface area contributed by atoms with Crippen LogP contribution in [-0.4, -0.2) is 42.3 Å². The Bertz CT molecular complexity index is 580. The number of carbonyl (C=O) groups is 3. The lowest BCUT2D eigenvalue weighted by Crippen LogP contribution is -2.50. The first-order valence-corrected chi connectivity index (χ1v) is 7.63. The van der Waals surface area contributed by atoms with Gasteiger partial charge < -0.3 is 9.64 Å². The number of esters is 1. The summed E-state index contributed by atoms with van der Waals surface area (Å²) in [7, 11) is 0. The van der Waals surface area contributed by atoms with Crippen LogP contribution in [0.4, 0.5) is 0 Å². The van der Waals surface area contributed by atoms with Crippen molar-refractivity contribution in [3.05, 3.63) is 23.3 Å². The van der Waals surface area contributed by atoms with Crippen LogP contribution in [0.3, 0.4) is 0 Å². The standard InChI is InChI=1S/C17H23NO4/c1-6-18-10-17(11(3)8-13(19)9-12(17)4)16(5,14(18)20)15(21)22-7-2/h8-9H,6-7,10H2,1-5H3/t16-/m1/s1. The molecule has 0 saturated carbocycles. The predicted molar refractivity (Wildman–Crippen MR) is 81.9 cm³/mol. The number of nitrogens with zero attached hydrogens (tertiary/aromatic N) is 1. The molecule has 1 atom stereocenters. The molecule has 1 fully saturated rings. The Morgan fingerprint density at radius 1 is 1.23 bits per heavy atom. The second-order valence-electron chi connectivity index (χ2n) is 6.13. The zero-order chi connectivity index (χ0) is 16.7. The minimum atomic E-state index is -1.33. The molecule has 0 N–H and O–H groups in total. The molecule has 2 rings (SSSR count). The second-order valence-corrected chi connectivity index (χ2v) is 6.13.